The fraction of sp³-hybridized carbons (Fsp3) is 0.739. The number of rotatable bonds is 6. The van der Waals surface area contributed by atoms with Gasteiger partial charge in [-0.3, -0.25) is 4.90 Å². The van der Waals surface area contributed by atoms with Gasteiger partial charge in [0.05, 0.1) is 31.0 Å². The lowest BCUT2D eigenvalue weighted by atomic mass is 9.54. The maximum atomic E-state index is 13.5. The topological polar surface area (TPSA) is 41.9 Å². The summed E-state index contributed by atoms with van der Waals surface area (Å²) in [5, 5.41) is 10.6. The Hall–Kier alpha value is -1.01. The van der Waals surface area contributed by atoms with Crippen molar-refractivity contribution in [3.05, 3.63) is 35.6 Å². The fourth-order valence-corrected chi connectivity index (χ4v) is 6.61. The Morgan fingerprint density at radius 3 is 2.57 bits per heavy atom. The van der Waals surface area contributed by atoms with E-state index in [2.05, 4.69) is 4.90 Å². The second kappa shape index (κ2) is 7.67. The summed E-state index contributed by atoms with van der Waals surface area (Å²) in [5.74, 6) is 2.33. The van der Waals surface area contributed by atoms with Gasteiger partial charge < -0.3 is 14.6 Å². The van der Waals surface area contributed by atoms with Gasteiger partial charge in [0.1, 0.15) is 5.82 Å². The van der Waals surface area contributed by atoms with Crippen molar-refractivity contribution in [2.75, 3.05) is 32.8 Å². The molecule has 4 bridgehead atoms. The Kier molecular flexibility index (Phi) is 5.20. The van der Waals surface area contributed by atoms with Gasteiger partial charge in [-0.05, 0) is 74.0 Å². The van der Waals surface area contributed by atoms with Crippen molar-refractivity contribution in [3.8, 4) is 0 Å². The van der Waals surface area contributed by atoms with Crippen LogP contribution in [0.4, 0.5) is 4.39 Å². The minimum absolute atomic E-state index is 0.0465. The molecule has 5 fully saturated rings. The molecule has 2 atom stereocenters. The van der Waals surface area contributed by atoms with Gasteiger partial charge in [-0.15, -0.1) is 0 Å². The number of benzene rings is 1. The van der Waals surface area contributed by atoms with Gasteiger partial charge in [0.25, 0.3) is 0 Å². The van der Waals surface area contributed by atoms with E-state index < -0.39 is 6.10 Å². The largest absolute Gasteiger partial charge is 0.389 e. The molecular weight excluding hydrogens is 357 g/mol. The highest BCUT2D eigenvalue weighted by atomic mass is 19.1. The first-order valence-electron chi connectivity index (χ1n) is 11.0. The standard InChI is InChI=1S/C23H32FNO3/c24-20-3-1-2-19(9-20)22-14-25(4-5-27-22)13-21(26)15-28-23-10-16-6-17(11-23)8-18(7-16)12-23/h1-3,9,16-18,21-22,26H,4-8,10-15H2. The molecule has 6 rings (SSSR count). The molecule has 4 nitrogen and oxygen atoms in total. The molecule has 2 unspecified atom stereocenters. The second-order valence-electron chi connectivity index (χ2n) is 9.74. The molecule has 4 saturated carbocycles. The molecule has 1 heterocycles. The van der Waals surface area contributed by atoms with Crippen LogP contribution in [0.1, 0.15) is 50.2 Å². The van der Waals surface area contributed by atoms with E-state index in [9.17, 15) is 9.50 Å². The average molecular weight is 390 g/mol. The molecular formula is C23H32FNO3. The van der Waals surface area contributed by atoms with E-state index in [-0.39, 0.29) is 17.5 Å². The lowest BCUT2D eigenvalue weighted by Gasteiger charge is -2.56. The van der Waals surface area contributed by atoms with Crippen LogP contribution in [0.5, 0.6) is 0 Å². The first-order valence-corrected chi connectivity index (χ1v) is 11.0. The Morgan fingerprint density at radius 1 is 1.18 bits per heavy atom. The minimum Gasteiger partial charge on any atom is -0.389 e. The molecule has 0 aromatic heterocycles. The van der Waals surface area contributed by atoms with Gasteiger partial charge in [0.15, 0.2) is 0 Å². The predicted octanol–water partition coefficient (Wildman–Crippen LogP) is 3.55. The molecule has 1 saturated heterocycles. The van der Waals surface area contributed by atoms with Crippen molar-refractivity contribution >= 4 is 0 Å². The maximum absolute atomic E-state index is 13.5. The van der Waals surface area contributed by atoms with E-state index in [0.29, 0.717) is 26.3 Å². The van der Waals surface area contributed by atoms with Gasteiger partial charge in [-0.25, -0.2) is 4.39 Å². The summed E-state index contributed by atoms with van der Waals surface area (Å²) in [4.78, 5) is 2.22. The summed E-state index contributed by atoms with van der Waals surface area (Å²) < 4.78 is 25.8. The molecule has 5 aliphatic rings. The Bertz CT molecular complexity index is 661. The summed E-state index contributed by atoms with van der Waals surface area (Å²) in [6.07, 6.45) is 7.18. The van der Waals surface area contributed by atoms with E-state index in [1.54, 1.807) is 12.1 Å². The van der Waals surface area contributed by atoms with Crippen LogP contribution in [-0.4, -0.2) is 54.6 Å². The highest BCUT2D eigenvalue weighted by Gasteiger charge is 2.51. The average Bonchev–Trinajstić information content (AvgIpc) is 2.66. The van der Waals surface area contributed by atoms with Crippen molar-refractivity contribution < 1.29 is 19.0 Å². The fourth-order valence-electron chi connectivity index (χ4n) is 6.61. The number of halogens is 1. The molecule has 28 heavy (non-hydrogen) atoms. The molecule has 4 aliphatic carbocycles. The monoisotopic (exact) mass is 389 g/mol. The zero-order valence-corrected chi connectivity index (χ0v) is 16.6. The molecule has 154 valence electrons. The molecule has 0 radical (unpaired) electrons. The molecule has 0 amide bonds. The zero-order chi connectivity index (χ0) is 19.1. The predicted molar refractivity (Wildman–Crippen MR) is 104 cm³/mol. The molecule has 1 aliphatic heterocycles. The summed E-state index contributed by atoms with van der Waals surface area (Å²) >= 11 is 0. The van der Waals surface area contributed by atoms with Crippen LogP contribution >= 0.6 is 0 Å². The third kappa shape index (κ3) is 4.00. The number of β-amino-alcohol motifs (C(OH)–C–C–N with tert-alkyl or cyclic N) is 1. The van der Waals surface area contributed by atoms with Crippen LogP contribution in [0.3, 0.4) is 0 Å². The van der Waals surface area contributed by atoms with Gasteiger partial charge in [0.2, 0.25) is 0 Å². The summed E-state index contributed by atoms with van der Waals surface area (Å²) in [6, 6.07) is 6.63. The summed E-state index contributed by atoms with van der Waals surface area (Å²) in [5.41, 5.74) is 0.911. The first-order chi connectivity index (χ1) is 13.6. The van der Waals surface area contributed by atoms with E-state index in [4.69, 9.17) is 9.47 Å². The second-order valence-corrected chi connectivity index (χ2v) is 9.74. The van der Waals surface area contributed by atoms with Crippen molar-refractivity contribution in [3.63, 3.8) is 0 Å². The molecule has 1 aromatic carbocycles. The highest BCUT2D eigenvalue weighted by Crippen LogP contribution is 2.57. The lowest BCUT2D eigenvalue weighted by molar-refractivity contribution is -0.177. The van der Waals surface area contributed by atoms with Gasteiger partial charge in [0, 0.05) is 19.6 Å². The number of aliphatic hydroxyl groups excluding tert-OH is 1. The van der Waals surface area contributed by atoms with Crippen LogP contribution < -0.4 is 0 Å². The summed E-state index contributed by atoms with van der Waals surface area (Å²) in [6.45, 7) is 3.08. The van der Waals surface area contributed by atoms with Crippen LogP contribution in [0.2, 0.25) is 0 Å². The molecule has 1 N–H and O–H groups in total. The Morgan fingerprint density at radius 2 is 1.89 bits per heavy atom. The van der Waals surface area contributed by atoms with Gasteiger partial charge in [-0.1, -0.05) is 12.1 Å². The number of aliphatic hydroxyl groups is 1. The number of hydrogen-bond acceptors (Lipinski definition) is 4. The van der Waals surface area contributed by atoms with E-state index >= 15 is 0 Å². The molecule has 0 spiro atoms. The van der Waals surface area contributed by atoms with Crippen LogP contribution in [0.15, 0.2) is 24.3 Å². The Balaban J connectivity index is 1.13. The van der Waals surface area contributed by atoms with E-state index in [0.717, 1.165) is 29.9 Å². The number of ether oxygens (including phenoxy) is 2. The van der Waals surface area contributed by atoms with Gasteiger partial charge in [-0.2, -0.15) is 0 Å². The van der Waals surface area contributed by atoms with Crippen molar-refractivity contribution in [2.45, 2.75) is 56.3 Å². The first kappa shape index (κ1) is 19.0. The van der Waals surface area contributed by atoms with Crippen LogP contribution in [-0.2, 0) is 9.47 Å². The highest BCUT2D eigenvalue weighted by molar-refractivity contribution is 5.19. The Labute approximate surface area is 167 Å². The quantitative estimate of drug-likeness (QED) is 0.808. The van der Waals surface area contributed by atoms with Crippen LogP contribution in [0, 0.1) is 23.6 Å². The third-order valence-electron chi connectivity index (χ3n) is 7.40. The summed E-state index contributed by atoms with van der Waals surface area (Å²) in [7, 11) is 0. The number of morpholine rings is 1. The lowest BCUT2D eigenvalue weighted by Crippen LogP contribution is -2.53. The van der Waals surface area contributed by atoms with Gasteiger partial charge >= 0.3 is 0 Å². The van der Waals surface area contributed by atoms with Crippen molar-refractivity contribution in [2.24, 2.45) is 17.8 Å². The SMILES string of the molecule is OC(COC12CC3CC(CC(C3)C1)C2)CN1CCOC(c2cccc(F)c2)C1. The number of nitrogens with zero attached hydrogens (tertiary/aromatic N) is 1. The molecule has 1 aromatic rings. The zero-order valence-electron chi connectivity index (χ0n) is 16.6. The van der Waals surface area contributed by atoms with E-state index in [1.165, 1.54) is 44.6 Å². The smallest absolute Gasteiger partial charge is 0.123 e. The molecule has 5 heteroatoms. The third-order valence-corrected chi connectivity index (χ3v) is 7.40. The number of hydrogen-bond donors (Lipinski definition) is 1. The van der Waals surface area contributed by atoms with E-state index in [1.807, 2.05) is 6.07 Å². The maximum Gasteiger partial charge on any atom is 0.123 e. The minimum atomic E-state index is -0.487. The van der Waals surface area contributed by atoms with Crippen molar-refractivity contribution in [1.29, 1.82) is 0 Å². The van der Waals surface area contributed by atoms with Crippen molar-refractivity contribution in [1.82, 2.24) is 4.90 Å². The normalized spacial score (nSPS) is 38.6. The van der Waals surface area contributed by atoms with Crippen LogP contribution in [0.25, 0.3) is 0 Å².